The van der Waals surface area contributed by atoms with Crippen LogP contribution in [0.5, 0.6) is 0 Å². The average Bonchev–Trinajstić information content (AvgIpc) is 2.62. The van der Waals surface area contributed by atoms with Crippen LogP contribution in [0, 0.1) is 6.92 Å². The normalized spacial score (nSPS) is 8.42. The second kappa shape index (κ2) is 5.13. The quantitative estimate of drug-likeness (QED) is 0.593. The molecule has 0 N–H and O–H groups in total. The number of hydrogen-bond donors (Lipinski definition) is 0. The molecule has 2 rings (SSSR count). The van der Waals surface area contributed by atoms with Gasteiger partial charge in [0.25, 0.3) is 0 Å². The van der Waals surface area contributed by atoms with Gasteiger partial charge < -0.3 is 4.52 Å². The molecule has 2 nitrogen and oxygen atoms in total. The van der Waals surface area contributed by atoms with Gasteiger partial charge in [0.05, 0.1) is 6.20 Å². The molecule has 0 unspecified atom stereocenters. The van der Waals surface area contributed by atoms with Crippen LogP contribution in [0.4, 0.5) is 0 Å². The highest BCUT2D eigenvalue weighted by molar-refractivity contribution is 5.11. The zero-order valence-electron chi connectivity index (χ0n) is 6.97. The lowest BCUT2D eigenvalue weighted by molar-refractivity contribution is 0.420. The predicted molar refractivity (Wildman–Crippen MR) is 47.7 cm³/mol. The Morgan fingerprint density at radius 2 is 1.83 bits per heavy atom. The Kier molecular flexibility index (Phi) is 3.64. The molecule has 0 atom stereocenters. The highest BCUT2D eigenvalue weighted by atomic mass is 16.5. The van der Waals surface area contributed by atoms with E-state index in [0.717, 1.165) is 0 Å². The Balaban J connectivity index is 0.000000127. The number of aromatic nitrogens is 1. The van der Waals surface area contributed by atoms with Crippen LogP contribution in [0.25, 0.3) is 0 Å². The number of hydrogen-bond acceptors (Lipinski definition) is 2. The molecule has 0 radical (unpaired) electrons. The second-order valence-electron chi connectivity index (χ2n) is 2.34. The molecular weight excluding hydrogens is 150 g/mol. The van der Waals surface area contributed by atoms with E-state index in [2.05, 4.69) is 28.7 Å². The number of benzene rings is 1. The molecule has 1 aromatic carbocycles. The lowest BCUT2D eigenvalue weighted by atomic mass is 10.2. The van der Waals surface area contributed by atoms with Gasteiger partial charge in [0.2, 0.25) is 0 Å². The van der Waals surface area contributed by atoms with E-state index in [9.17, 15) is 0 Å². The van der Waals surface area contributed by atoms with Crippen LogP contribution >= 0.6 is 0 Å². The molecule has 2 heteroatoms. The minimum absolute atomic E-state index is 1.32. The van der Waals surface area contributed by atoms with E-state index in [1.807, 2.05) is 18.2 Å². The summed E-state index contributed by atoms with van der Waals surface area (Å²) < 4.78 is 4.33. The van der Waals surface area contributed by atoms with Crippen molar-refractivity contribution >= 4 is 0 Å². The van der Waals surface area contributed by atoms with Gasteiger partial charge in [-0.1, -0.05) is 41.1 Å². The van der Waals surface area contributed by atoms with Crippen molar-refractivity contribution in [3.8, 4) is 0 Å². The van der Waals surface area contributed by atoms with Crippen molar-refractivity contribution in [2.24, 2.45) is 0 Å². The van der Waals surface area contributed by atoms with Crippen LogP contribution in [-0.4, -0.2) is 5.16 Å². The molecule has 1 aromatic heterocycles. The zero-order chi connectivity index (χ0) is 8.65. The SMILES string of the molecule is Cc1ccccc1.c1cnoc1. The van der Waals surface area contributed by atoms with Gasteiger partial charge in [-0.15, -0.1) is 0 Å². The van der Waals surface area contributed by atoms with E-state index in [-0.39, 0.29) is 0 Å². The minimum atomic E-state index is 1.32. The van der Waals surface area contributed by atoms with Crippen LogP contribution in [0.1, 0.15) is 5.56 Å². The Bertz CT molecular complexity index is 259. The summed E-state index contributed by atoms with van der Waals surface area (Å²) in [7, 11) is 0. The summed E-state index contributed by atoms with van der Waals surface area (Å²) in [5.41, 5.74) is 1.32. The van der Waals surface area contributed by atoms with Gasteiger partial charge in [-0.05, 0) is 13.0 Å². The summed E-state index contributed by atoms with van der Waals surface area (Å²) in [4.78, 5) is 0. The van der Waals surface area contributed by atoms with E-state index in [4.69, 9.17) is 0 Å². The standard InChI is InChI=1S/C7H8.C3H3NO/c1-7-5-3-2-4-6-7;1-2-4-5-3-1/h2-6H,1H3;1-3H. The van der Waals surface area contributed by atoms with Crippen molar-refractivity contribution < 1.29 is 4.52 Å². The molecule has 0 aliphatic carbocycles. The minimum Gasteiger partial charge on any atom is -0.365 e. The van der Waals surface area contributed by atoms with Gasteiger partial charge in [0.15, 0.2) is 0 Å². The van der Waals surface area contributed by atoms with E-state index in [1.54, 1.807) is 12.3 Å². The van der Waals surface area contributed by atoms with Crippen LogP contribution in [-0.2, 0) is 0 Å². The van der Waals surface area contributed by atoms with Gasteiger partial charge in [-0.3, -0.25) is 0 Å². The molecular formula is C10H11NO. The maximum atomic E-state index is 4.33. The smallest absolute Gasteiger partial charge is 0.123 e. The third-order valence-electron chi connectivity index (χ3n) is 1.29. The van der Waals surface area contributed by atoms with E-state index >= 15 is 0 Å². The van der Waals surface area contributed by atoms with E-state index in [0.29, 0.717) is 0 Å². The Labute approximate surface area is 71.8 Å². The number of nitrogens with zero attached hydrogens (tertiary/aromatic N) is 1. The molecule has 0 bridgehead atoms. The fourth-order valence-electron chi connectivity index (χ4n) is 0.710. The first kappa shape index (κ1) is 8.53. The van der Waals surface area contributed by atoms with Gasteiger partial charge in [0.1, 0.15) is 6.26 Å². The highest BCUT2D eigenvalue weighted by Gasteiger charge is 1.72. The van der Waals surface area contributed by atoms with Crippen molar-refractivity contribution in [3.63, 3.8) is 0 Å². The summed E-state index contributed by atoms with van der Waals surface area (Å²) in [5.74, 6) is 0. The molecule has 0 spiro atoms. The Hall–Kier alpha value is -1.57. The van der Waals surface area contributed by atoms with Gasteiger partial charge >= 0.3 is 0 Å². The molecule has 62 valence electrons. The first-order valence-corrected chi connectivity index (χ1v) is 3.75. The molecule has 1 heterocycles. The lowest BCUT2D eigenvalue weighted by Crippen LogP contribution is -1.62. The summed E-state index contributed by atoms with van der Waals surface area (Å²) in [5, 5.41) is 3.35. The van der Waals surface area contributed by atoms with Gasteiger partial charge in [-0.2, -0.15) is 0 Å². The molecule has 12 heavy (non-hydrogen) atoms. The van der Waals surface area contributed by atoms with E-state index in [1.165, 1.54) is 11.8 Å². The fraction of sp³-hybridized carbons (Fsp3) is 0.100. The highest BCUT2D eigenvalue weighted by Crippen LogP contribution is 1.92. The predicted octanol–water partition coefficient (Wildman–Crippen LogP) is 2.67. The largest absolute Gasteiger partial charge is 0.365 e. The van der Waals surface area contributed by atoms with Crippen molar-refractivity contribution in [1.29, 1.82) is 0 Å². The van der Waals surface area contributed by atoms with Crippen LogP contribution < -0.4 is 0 Å². The van der Waals surface area contributed by atoms with Crippen molar-refractivity contribution in [2.45, 2.75) is 6.92 Å². The van der Waals surface area contributed by atoms with Crippen LogP contribution in [0.2, 0.25) is 0 Å². The molecule has 0 aliphatic rings. The maximum absolute atomic E-state index is 4.33. The summed E-state index contributed by atoms with van der Waals surface area (Å²) in [6, 6.07) is 12.0. The Morgan fingerprint density at radius 3 is 2.08 bits per heavy atom. The van der Waals surface area contributed by atoms with Gasteiger partial charge in [-0.25, -0.2) is 0 Å². The molecule has 0 aliphatic heterocycles. The van der Waals surface area contributed by atoms with Crippen molar-refractivity contribution in [1.82, 2.24) is 5.16 Å². The second-order valence-corrected chi connectivity index (χ2v) is 2.34. The Morgan fingerprint density at radius 1 is 1.08 bits per heavy atom. The van der Waals surface area contributed by atoms with Crippen molar-refractivity contribution in [3.05, 3.63) is 54.4 Å². The van der Waals surface area contributed by atoms with Crippen LogP contribution in [0.15, 0.2) is 53.4 Å². The third-order valence-corrected chi connectivity index (χ3v) is 1.29. The van der Waals surface area contributed by atoms with Crippen LogP contribution in [0.3, 0.4) is 0 Å². The summed E-state index contributed by atoms with van der Waals surface area (Å²) in [6.45, 7) is 2.08. The lowest BCUT2D eigenvalue weighted by Gasteiger charge is -1.82. The van der Waals surface area contributed by atoms with Crippen molar-refractivity contribution in [2.75, 3.05) is 0 Å². The van der Waals surface area contributed by atoms with Gasteiger partial charge in [0, 0.05) is 0 Å². The summed E-state index contributed by atoms with van der Waals surface area (Å²) in [6.07, 6.45) is 3.10. The average molecular weight is 161 g/mol. The molecule has 0 fully saturated rings. The first-order chi connectivity index (χ1) is 5.89. The maximum Gasteiger partial charge on any atom is 0.123 e. The monoisotopic (exact) mass is 161 g/mol. The topological polar surface area (TPSA) is 26.0 Å². The zero-order valence-corrected chi connectivity index (χ0v) is 6.97. The third kappa shape index (κ3) is 3.56. The molecule has 2 aromatic rings. The summed E-state index contributed by atoms with van der Waals surface area (Å²) >= 11 is 0. The van der Waals surface area contributed by atoms with E-state index < -0.39 is 0 Å². The number of aryl methyl sites for hydroxylation is 1. The fourth-order valence-corrected chi connectivity index (χ4v) is 0.710. The number of rotatable bonds is 0. The molecule has 0 amide bonds. The molecule has 0 saturated carbocycles. The first-order valence-electron chi connectivity index (χ1n) is 3.75. The molecule has 0 saturated heterocycles.